The topological polar surface area (TPSA) is 0 Å². The molecule has 0 aromatic heterocycles. The van der Waals surface area contributed by atoms with Gasteiger partial charge in [-0.25, -0.2) is 0 Å². The zero-order valence-corrected chi connectivity index (χ0v) is 29.0. The molecule has 0 aromatic carbocycles. The summed E-state index contributed by atoms with van der Waals surface area (Å²) in [6, 6.07) is -2.96. The fraction of sp³-hybridized carbons (Fsp3) is 1.00. The minimum absolute atomic E-state index is 1.22. The van der Waals surface area contributed by atoms with Crippen LogP contribution in [0.1, 0.15) is 193 Å². The van der Waals surface area contributed by atoms with Gasteiger partial charge >= 0.3 is 252 Å². The molecule has 6 aliphatic rings. The molecule has 0 saturated heterocycles. The Morgan fingerprint density at radius 2 is 0.385 bits per heavy atom. The van der Waals surface area contributed by atoms with Crippen molar-refractivity contribution in [2.24, 2.45) is 0 Å². The van der Waals surface area contributed by atoms with Crippen LogP contribution in [0.5, 0.6) is 0 Å². The van der Waals surface area contributed by atoms with E-state index in [1.54, 1.807) is 193 Å². The quantitative estimate of drug-likeness (QED) is 0.187. The molecule has 6 aliphatic carbocycles. The van der Waals surface area contributed by atoms with Crippen LogP contribution in [0.2, 0.25) is 0 Å². The van der Waals surface area contributed by atoms with Crippen molar-refractivity contribution in [2.75, 3.05) is 0 Å². The van der Waals surface area contributed by atoms with E-state index in [0.29, 0.717) is 0 Å². The van der Waals surface area contributed by atoms with Gasteiger partial charge in [-0.2, -0.15) is 0 Å². The molecule has 0 radical (unpaired) electrons. The van der Waals surface area contributed by atoms with Crippen LogP contribution in [0.25, 0.3) is 0 Å². The van der Waals surface area contributed by atoms with Gasteiger partial charge in [0.15, 0.2) is 0 Å². The second-order valence-electron chi connectivity index (χ2n) is 15.6. The minimum atomic E-state index is -1.48. The van der Waals surface area contributed by atoms with Gasteiger partial charge in [0.2, 0.25) is 0 Å². The van der Waals surface area contributed by atoms with Crippen LogP contribution in [0.3, 0.4) is 0 Å². The molecule has 0 N–H and O–H groups in total. The summed E-state index contributed by atoms with van der Waals surface area (Å²) in [7, 11) is 0. The third-order valence-electron chi connectivity index (χ3n) is 13.5. The molecule has 3 heteroatoms. The molecule has 6 rings (SSSR count). The first-order valence-electron chi connectivity index (χ1n) is 18.9. The molecule has 0 nitrogen and oxygen atoms in total. The van der Waals surface area contributed by atoms with Crippen molar-refractivity contribution < 1.29 is 13.6 Å². The molecule has 0 heterocycles. The second kappa shape index (κ2) is 14.9. The Morgan fingerprint density at radius 1 is 0.231 bits per heavy atom. The van der Waals surface area contributed by atoms with Gasteiger partial charge in [0.05, 0.1) is 0 Å². The fourth-order valence-corrected chi connectivity index (χ4v) is 51.0. The van der Waals surface area contributed by atoms with Gasteiger partial charge in [0.25, 0.3) is 0 Å². The first-order valence-corrected chi connectivity index (χ1v) is 26.0. The van der Waals surface area contributed by atoms with E-state index in [9.17, 15) is 0 Å². The van der Waals surface area contributed by atoms with Crippen LogP contribution in [-0.4, -0.2) is 34.0 Å². The molecule has 232 valence electrons. The monoisotopic (exact) mass is 620 g/mol. The van der Waals surface area contributed by atoms with Crippen LogP contribution in [0.15, 0.2) is 0 Å². The SMILES string of the molecule is C1CCC([PH]([Ni][PH](C2CCCCC2)(C2CCCCC2)C2CCCCC2)(C2CCCCC2)C2CCCCC2)CC1. The van der Waals surface area contributed by atoms with E-state index in [0.717, 1.165) is 0 Å². The molecule has 0 aliphatic heterocycles. The van der Waals surface area contributed by atoms with Crippen molar-refractivity contribution in [3.8, 4) is 0 Å². The average Bonchev–Trinajstić information content (AvgIpc) is 3.04. The Hall–Kier alpha value is 1.35. The van der Waals surface area contributed by atoms with Gasteiger partial charge in [-0.15, -0.1) is 0 Å². The summed E-state index contributed by atoms with van der Waals surface area (Å²) in [4.78, 5) is 0. The molecule has 6 saturated carbocycles. The number of hydrogen-bond donors (Lipinski definition) is 0. The molecule has 0 bridgehead atoms. The maximum absolute atomic E-state index is 2.90. The van der Waals surface area contributed by atoms with Crippen molar-refractivity contribution >= 4 is 12.1 Å². The first kappa shape index (κ1) is 30.4. The van der Waals surface area contributed by atoms with Gasteiger partial charge in [0.1, 0.15) is 0 Å². The van der Waals surface area contributed by atoms with E-state index < -0.39 is 12.1 Å². The van der Waals surface area contributed by atoms with E-state index in [2.05, 4.69) is 13.6 Å². The van der Waals surface area contributed by atoms with Gasteiger partial charge in [-0.3, -0.25) is 0 Å². The van der Waals surface area contributed by atoms with Crippen molar-refractivity contribution in [2.45, 2.75) is 227 Å². The summed E-state index contributed by atoms with van der Waals surface area (Å²) in [5.41, 5.74) is 7.33. The normalized spacial score (nSPS) is 30.5. The predicted molar refractivity (Wildman–Crippen MR) is 178 cm³/mol. The molecule has 0 aromatic rings. The summed E-state index contributed by atoms with van der Waals surface area (Å²) in [6.07, 6.45) is 48.9. The summed E-state index contributed by atoms with van der Waals surface area (Å²) >= 11 is 2.90. The third kappa shape index (κ3) is 6.58. The van der Waals surface area contributed by atoms with Crippen molar-refractivity contribution in [1.82, 2.24) is 0 Å². The van der Waals surface area contributed by atoms with Crippen molar-refractivity contribution in [3.63, 3.8) is 0 Å². The van der Waals surface area contributed by atoms with Crippen molar-refractivity contribution in [1.29, 1.82) is 0 Å². The molecule has 0 unspecified atom stereocenters. The second-order valence-corrected chi connectivity index (χ2v) is 31.6. The zero-order valence-electron chi connectivity index (χ0n) is 26.0. The molecule has 0 amide bonds. The third-order valence-corrected chi connectivity index (χ3v) is 41.3. The summed E-state index contributed by atoms with van der Waals surface area (Å²) in [5.74, 6) is 0. The molecular formula is C36H68NiP2. The molecule has 0 atom stereocenters. The Balaban J connectivity index is 1.49. The molecular weight excluding hydrogens is 553 g/mol. The number of hydrogen-bond acceptors (Lipinski definition) is 0. The van der Waals surface area contributed by atoms with Crippen molar-refractivity contribution in [3.05, 3.63) is 0 Å². The number of rotatable bonds is 8. The van der Waals surface area contributed by atoms with Crippen LogP contribution >= 0.6 is 12.1 Å². The van der Waals surface area contributed by atoms with Crippen LogP contribution in [-0.2, 0) is 13.6 Å². The van der Waals surface area contributed by atoms with Crippen LogP contribution in [0, 0.1) is 0 Å². The average molecular weight is 622 g/mol. The maximum atomic E-state index is 2.90. The van der Waals surface area contributed by atoms with Gasteiger partial charge < -0.3 is 0 Å². The molecule has 39 heavy (non-hydrogen) atoms. The Morgan fingerprint density at radius 3 is 0.538 bits per heavy atom. The summed E-state index contributed by atoms with van der Waals surface area (Å²) < 4.78 is 0. The van der Waals surface area contributed by atoms with Gasteiger partial charge in [-0.05, 0) is 0 Å². The zero-order chi connectivity index (χ0) is 26.4. The first-order chi connectivity index (χ1) is 19.3. The fourth-order valence-electron chi connectivity index (χ4n) is 11.8. The van der Waals surface area contributed by atoms with E-state index in [1.807, 2.05) is 0 Å². The predicted octanol–water partition coefficient (Wildman–Crippen LogP) is 12.4. The standard InChI is InChI=1S/2C18H33P.Ni/c2*1-4-10-16(11-5-1)19(17-12-6-2-7-13-17)18-14-8-3-9-15-18;/h2*16-18H,1-15H2;/q;;-2/p+2. The molecule has 0 spiro atoms. The Labute approximate surface area is 251 Å². The molecule has 6 fully saturated rings. The summed E-state index contributed by atoms with van der Waals surface area (Å²) in [6.45, 7) is 0. The van der Waals surface area contributed by atoms with Gasteiger partial charge in [0, 0.05) is 0 Å². The Kier molecular flexibility index (Phi) is 11.6. The van der Waals surface area contributed by atoms with E-state index in [-0.39, 0.29) is 0 Å². The Bertz CT molecular complexity index is 550. The van der Waals surface area contributed by atoms with E-state index in [4.69, 9.17) is 0 Å². The van der Waals surface area contributed by atoms with Gasteiger partial charge in [-0.1, -0.05) is 0 Å². The van der Waals surface area contributed by atoms with Crippen LogP contribution < -0.4 is 0 Å². The van der Waals surface area contributed by atoms with Crippen LogP contribution in [0.4, 0.5) is 0 Å². The van der Waals surface area contributed by atoms with E-state index >= 15 is 0 Å². The van der Waals surface area contributed by atoms with E-state index in [1.165, 1.54) is 34.0 Å². The summed E-state index contributed by atoms with van der Waals surface area (Å²) in [5, 5.41) is 0.